The van der Waals surface area contributed by atoms with Crippen LogP contribution in [0.3, 0.4) is 0 Å². The van der Waals surface area contributed by atoms with Crippen LogP contribution < -0.4 is 0 Å². The fraction of sp³-hybridized carbons (Fsp3) is 0.368. The first-order valence-corrected chi connectivity index (χ1v) is 8.14. The summed E-state index contributed by atoms with van der Waals surface area (Å²) in [6, 6.07) is 13.6. The second-order valence-electron chi connectivity index (χ2n) is 6.11. The van der Waals surface area contributed by atoms with Crippen molar-refractivity contribution in [2.24, 2.45) is 5.92 Å². The van der Waals surface area contributed by atoms with Gasteiger partial charge in [-0.2, -0.15) is 0 Å². The number of carbonyl (C=O) groups is 1. The number of likely N-dealkylation sites (tertiary alicyclic amines) is 1. The fourth-order valence-electron chi connectivity index (χ4n) is 3.17. The minimum atomic E-state index is -0.491. The molecule has 0 bridgehead atoms. The third kappa shape index (κ3) is 3.96. The van der Waals surface area contributed by atoms with Gasteiger partial charge in [0.1, 0.15) is 0 Å². The molecular formula is C19H22N2O2. The molecule has 1 fully saturated rings. The number of rotatable bonds is 4. The summed E-state index contributed by atoms with van der Waals surface area (Å²) >= 11 is 0. The predicted molar refractivity (Wildman–Crippen MR) is 88.6 cm³/mol. The van der Waals surface area contributed by atoms with Gasteiger partial charge in [-0.3, -0.25) is 9.78 Å². The van der Waals surface area contributed by atoms with Crippen LogP contribution in [0.5, 0.6) is 0 Å². The van der Waals surface area contributed by atoms with Crippen molar-refractivity contribution < 1.29 is 9.90 Å². The number of aromatic nitrogens is 1. The quantitative estimate of drug-likeness (QED) is 0.944. The maximum absolute atomic E-state index is 12.4. The Balaban J connectivity index is 1.53. The number of amides is 1. The highest BCUT2D eigenvalue weighted by Crippen LogP contribution is 2.30. The second-order valence-corrected chi connectivity index (χ2v) is 6.11. The molecule has 2 aromatic rings. The van der Waals surface area contributed by atoms with Gasteiger partial charge in [0.15, 0.2) is 0 Å². The van der Waals surface area contributed by atoms with Crippen molar-refractivity contribution in [2.45, 2.75) is 25.4 Å². The molecule has 0 spiro atoms. The lowest BCUT2D eigenvalue weighted by atomic mass is 9.88. The van der Waals surface area contributed by atoms with Gasteiger partial charge in [0.05, 0.1) is 12.5 Å². The fourth-order valence-corrected chi connectivity index (χ4v) is 3.17. The summed E-state index contributed by atoms with van der Waals surface area (Å²) in [5.74, 6) is 0.366. The largest absolute Gasteiger partial charge is 0.388 e. The van der Waals surface area contributed by atoms with Gasteiger partial charge in [-0.1, -0.05) is 36.4 Å². The highest BCUT2D eigenvalue weighted by Gasteiger charge is 2.28. The third-order valence-electron chi connectivity index (χ3n) is 4.56. The second kappa shape index (κ2) is 7.38. The van der Waals surface area contributed by atoms with Crippen LogP contribution in [0.15, 0.2) is 54.9 Å². The van der Waals surface area contributed by atoms with E-state index in [9.17, 15) is 9.90 Å². The molecule has 1 aliphatic heterocycles. The number of hydrogen-bond donors (Lipinski definition) is 1. The first-order chi connectivity index (χ1) is 11.2. The first kappa shape index (κ1) is 15.7. The number of aliphatic hydroxyl groups is 1. The standard InChI is InChI=1S/C19H22N2O2/c22-18(13-15-5-2-1-3-6-15)21-11-8-16(9-12-21)19(23)17-7-4-10-20-14-17/h1-7,10,14,16,19,23H,8-9,11-13H2. The van der Waals surface area contributed by atoms with Crippen molar-refractivity contribution in [3.8, 4) is 0 Å². The Hall–Kier alpha value is -2.20. The zero-order valence-electron chi connectivity index (χ0n) is 13.1. The van der Waals surface area contributed by atoms with E-state index in [-0.39, 0.29) is 11.8 Å². The molecule has 1 aromatic heterocycles. The van der Waals surface area contributed by atoms with Gasteiger partial charge < -0.3 is 10.0 Å². The Bertz CT molecular complexity index is 622. The molecule has 1 N–H and O–H groups in total. The Kier molecular flexibility index (Phi) is 5.03. The number of pyridine rings is 1. The lowest BCUT2D eigenvalue weighted by Crippen LogP contribution is -2.40. The number of nitrogens with zero attached hydrogens (tertiary/aromatic N) is 2. The molecule has 4 nitrogen and oxygen atoms in total. The van der Waals surface area contributed by atoms with E-state index in [0.717, 1.165) is 24.0 Å². The van der Waals surface area contributed by atoms with Crippen LogP contribution in [-0.2, 0) is 11.2 Å². The summed E-state index contributed by atoms with van der Waals surface area (Å²) in [5.41, 5.74) is 1.91. The van der Waals surface area contributed by atoms with Gasteiger partial charge in [0.2, 0.25) is 5.91 Å². The van der Waals surface area contributed by atoms with E-state index in [0.29, 0.717) is 19.5 Å². The van der Waals surface area contributed by atoms with E-state index < -0.39 is 6.10 Å². The van der Waals surface area contributed by atoms with E-state index in [1.165, 1.54) is 0 Å². The molecule has 4 heteroatoms. The third-order valence-corrected chi connectivity index (χ3v) is 4.56. The molecule has 23 heavy (non-hydrogen) atoms. The Labute approximate surface area is 136 Å². The summed E-state index contributed by atoms with van der Waals surface area (Å²) in [5, 5.41) is 10.5. The Morgan fingerprint density at radius 3 is 2.57 bits per heavy atom. The van der Waals surface area contributed by atoms with E-state index >= 15 is 0 Å². The number of piperidine rings is 1. The number of carbonyl (C=O) groups excluding carboxylic acids is 1. The van der Waals surface area contributed by atoms with E-state index in [2.05, 4.69) is 4.98 Å². The predicted octanol–water partition coefficient (Wildman–Crippen LogP) is 2.60. The van der Waals surface area contributed by atoms with Crippen LogP contribution in [0.25, 0.3) is 0 Å². The van der Waals surface area contributed by atoms with Gasteiger partial charge in [-0.15, -0.1) is 0 Å². The van der Waals surface area contributed by atoms with Crippen LogP contribution in [0.4, 0.5) is 0 Å². The van der Waals surface area contributed by atoms with Crippen molar-refractivity contribution in [2.75, 3.05) is 13.1 Å². The van der Waals surface area contributed by atoms with Crippen LogP contribution in [0.1, 0.15) is 30.1 Å². The first-order valence-electron chi connectivity index (χ1n) is 8.14. The average Bonchev–Trinajstić information content (AvgIpc) is 2.63. The van der Waals surface area contributed by atoms with Gasteiger partial charge in [-0.25, -0.2) is 0 Å². The minimum Gasteiger partial charge on any atom is -0.388 e. The molecule has 1 unspecified atom stereocenters. The zero-order chi connectivity index (χ0) is 16.1. The van der Waals surface area contributed by atoms with Crippen molar-refractivity contribution in [3.05, 3.63) is 66.0 Å². The number of aliphatic hydroxyl groups excluding tert-OH is 1. The topological polar surface area (TPSA) is 53.4 Å². The molecule has 1 aromatic carbocycles. The van der Waals surface area contributed by atoms with Crippen LogP contribution in [-0.4, -0.2) is 34.0 Å². The number of hydrogen-bond acceptors (Lipinski definition) is 3. The molecule has 1 atom stereocenters. The van der Waals surface area contributed by atoms with Crippen molar-refractivity contribution in [1.82, 2.24) is 9.88 Å². The monoisotopic (exact) mass is 310 g/mol. The normalized spacial score (nSPS) is 17.0. The van der Waals surface area contributed by atoms with Gasteiger partial charge in [0.25, 0.3) is 0 Å². The molecule has 0 saturated carbocycles. The summed E-state index contributed by atoms with van der Waals surface area (Å²) in [4.78, 5) is 18.3. The number of benzene rings is 1. The SMILES string of the molecule is O=C(Cc1ccccc1)N1CCC(C(O)c2cccnc2)CC1. The zero-order valence-corrected chi connectivity index (χ0v) is 13.1. The molecular weight excluding hydrogens is 288 g/mol. The van der Waals surface area contributed by atoms with E-state index in [1.54, 1.807) is 12.4 Å². The molecule has 1 aliphatic rings. The van der Waals surface area contributed by atoms with E-state index in [4.69, 9.17) is 0 Å². The van der Waals surface area contributed by atoms with Gasteiger partial charge in [0, 0.05) is 25.5 Å². The Morgan fingerprint density at radius 2 is 1.91 bits per heavy atom. The van der Waals surface area contributed by atoms with Crippen LogP contribution in [0.2, 0.25) is 0 Å². The summed E-state index contributed by atoms with van der Waals surface area (Å²) < 4.78 is 0. The molecule has 3 rings (SSSR count). The van der Waals surface area contributed by atoms with Crippen LogP contribution >= 0.6 is 0 Å². The highest BCUT2D eigenvalue weighted by atomic mass is 16.3. The molecule has 1 amide bonds. The molecule has 120 valence electrons. The lowest BCUT2D eigenvalue weighted by molar-refractivity contribution is -0.132. The summed E-state index contributed by atoms with van der Waals surface area (Å²) in [6.45, 7) is 1.43. The van der Waals surface area contributed by atoms with Gasteiger partial charge in [-0.05, 0) is 36.0 Å². The van der Waals surface area contributed by atoms with Crippen molar-refractivity contribution in [3.63, 3.8) is 0 Å². The van der Waals surface area contributed by atoms with Gasteiger partial charge >= 0.3 is 0 Å². The van der Waals surface area contributed by atoms with E-state index in [1.807, 2.05) is 47.4 Å². The van der Waals surface area contributed by atoms with Crippen molar-refractivity contribution >= 4 is 5.91 Å². The van der Waals surface area contributed by atoms with Crippen molar-refractivity contribution in [1.29, 1.82) is 0 Å². The molecule has 0 radical (unpaired) electrons. The maximum Gasteiger partial charge on any atom is 0.226 e. The Morgan fingerprint density at radius 1 is 1.17 bits per heavy atom. The minimum absolute atomic E-state index is 0.172. The molecule has 2 heterocycles. The molecule has 0 aliphatic carbocycles. The smallest absolute Gasteiger partial charge is 0.226 e. The van der Waals surface area contributed by atoms with Crippen LogP contribution in [0, 0.1) is 5.92 Å². The average molecular weight is 310 g/mol. The highest BCUT2D eigenvalue weighted by molar-refractivity contribution is 5.78. The lowest BCUT2D eigenvalue weighted by Gasteiger charge is -2.34. The molecule has 1 saturated heterocycles. The maximum atomic E-state index is 12.4. The summed E-state index contributed by atoms with van der Waals surface area (Å²) in [6.07, 6.45) is 5.05. The summed E-state index contributed by atoms with van der Waals surface area (Å²) in [7, 11) is 0.